The number of halogens is 2. The standard InChI is InChI=1S/C6H4Cl2N4S/c7-3-1-2(4(8)13-3)5-10-6(9)12-11-5/h1H,(H3,9,10,11,12). The Labute approximate surface area is 87.7 Å². The van der Waals surface area contributed by atoms with E-state index in [9.17, 15) is 0 Å². The van der Waals surface area contributed by atoms with Gasteiger partial charge in [-0.05, 0) is 6.07 Å². The predicted octanol–water partition coefficient (Wildman–Crippen LogP) is 2.42. The van der Waals surface area contributed by atoms with Crippen molar-refractivity contribution in [3.05, 3.63) is 14.7 Å². The maximum atomic E-state index is 5.89. The van der Waals surface area contributed by atoms with E-state index in [1.54, 1.807) is 6.07 Å². The summed E-state index contributed by atoms with van der Waals surface area (Å²) in [4.78, 5) is 3.93. The van der Waals surface area contributed by atoms with E-state index in [0.717, 1.165) is 5.56 Å². The molecule has 0 spiro atoms. The number of aromatic nitrogens is 3. The van der Waals surface area contributed by atoms with E-state index in [1.807, 2.05) is 0 Å². The lowest BCUT2D eigenvalue weighted by Crippen LogP contribution is -1.85. The first kappa shape index (κ1) is 8.80. The van der Waals surface area contributed by atoms with E-state index in [-0.39, 0.29) is 5.95 Å². The molecule has 0 amide bonds. The number of hydrogen-bond acceptors (Lipinski definition) is 4. The quantitative estimate of drug-likeness (QED) is 0.797. The molecule has 0 aliphatic carbocycles. The number of nitrogens with two attached hydrogens (primary N) is 1. The van der Waals surface area contributed by atoms with Crippen LogP contribution in [-0.2, 0) is 0 Å². The molecule has 0 saturated carbocycles. The Morgan fingerprint density at radius 3 is 2.69 bits per heavy atom. The first-order chi connectivity index (χ1) is 6.16. The van der Waals surface area contributed by atoms with E-state index in [4.69, 9.17) is 28.9 Å². The first-order valence-electron chi connectivity index (χ1n) is 3.30. The molecule has 0 aliphatic rings. The minimum absolute atomic E-state index is 0.188. The zero-order valence-electron chi connectivity index (χ0n) is 6.21. The number of H-pyrrole nitrogens is 1. The van der Waals surface area contributed by atoms with E-state index < -0.39 is 0 Å². The van der Waals surface area contributed by atoms with Gasteiger partial charge in [0, 0.05) is 5.56 Å². The van der Waals surface area contributed by atoms with Crippen LogP contribution in [0.25, 0.3) is 11.4 Å². The third-order valence-corrected chi connectivity index (χ3v) is 2.90. The van der Waals surface area contributed by atoms with Crippen LogP contribution < -0.4 is 5.73 Å². The van der Waals surface area contributed by atoms with E-state index in [1.165, 1.54) is 11.3 Å². The molecule has 13 heavy (non-hydrogen) atoms. The number of nitrogens with zero attached hydrogens (tertiary/aromatic N) is 2. The number of thiophene rings is 1. The van der Waals surface area contributed by atoms with Crippen LogP contribution in [-0.4, -0.2) is 15.2 Å². The maximum Gasteiger partial charge on any atom is 0.239 e. The molecule has 2 aromatic heterocycles. The summed E-state index contributed by atoms with van der Waals surface area (Å²) in [7, 11) is 0. The lowest BCUT2D eigenvalue weighted by atomic mass is 10.3. The maximum absolute atomic E-state index is 5.89. The molecule has 2 rings (SSSR count). The molecule has 0 aromatic carbocycles. The van der Waals surface area contributed by atoms with Gasteiger partial charge in [0.15, 0.2) is 5.82 Å². The summed E-state index contributed by atoms with van der Waals surface area (Å²) >= 11 is 12.9. The number of anilines is 1. The smallest absolute Gasteiger partial charge is 0.239 e. The summed E-state index contributed by atoms with van der Waals surface area (Å²) in [5.74, 6) is 0.721. The number of nitrogens with one attached hydrogen (secondary N) is 1. The topological polar surface area (TPSA) is 67.6 Å². The van der Waals surface area contributed by atoms with Gasteiger partial charge in [0.25, 0.3) is 0 Å². The molecule has 0 saturated heterocycles. The Hall–Kier alpha value is -0.780. The Kier molecular flexibility index (Phi) is 2.15. The van der Waals surface area contributed by atoms with Gasteiger partial charge in [-0.2, -0.15) is 4.98 Å². The van der Waals surface area contributed by atoms with Crippen LogP contribution in [0.3, 0.4) is 0 Å². The zero-order chi connectivity index (χ0) is 9.42. The molecule has 7 heteroatoms. The number of nitrogen functional groups attached to an aromatic ring is 1. The normalized spacial score (nSPS) is 10.6. The lowest BCUT2D eigenvalue weighted by molar-refractivity contribution is 1.10. The van der Waals surface area contributed by atoms with Crippen molar-refractivity contribution in [2.45, 2.75) is 0 Å². The summed E-state index contributed by atoms with van der Waals surface area (Å²) in [6, 6.07) is 1.72. The zero-order valence-corrected chi connectivity index (χ0v) is 8.54. The molecule has 3 N–H and O–H groups in total. The third-order valence-electron chi connectivity index (χ3n) is 1.41. The second-order valence-electron chi connectivity index (χ2n) is 2.28. The average molecular weight is 235 g/mol. The number of rotatable bonds is 1. The summed E-state index contributed by atoms with van der Waals surface area (Å²) in [5.41, 5.74) is 6.07. The molecule has 0 fully saturated rings. The van der Waals surface area contributed by atoms with Crippen LogP contribution in [0.1, 0.15) is 0 Å². The summed E-state index contributed by atoms with van der Waals surface area (Å²) in [6.07, 6.45) is 0. The Morgan fingerprint density at radius 1 is 1.46 bits per heavy atom. The molecule has 2 heterocycles. The van der Waals surface area contributed by atoms with Crippen molar-refractivity contribution in [2.75, 3.05) is 5.73 Å². The van der Waals surface area contributed by atoms with Crippen LogP contribution in [0.2, 0.25) is 8.67 Å². The molecule has 2 aromatic rings. The second kappa shape index (κ2) is 3.17. The fourth-order valence-electron chi connectivity index (χ4n) is 0.897. The largest absolute Gasteiger partial charge is 0.366 e. The van der Waals surface area contributed by atoms with E-state index >= 15 is 0 Å². The van der Waals surface area contributed by atoms with Gasteiger partial charge in [-0.3, -0.25) is 5.10 Å². The van der Waals surface area contributed by atoms with Crippen LogP contribution >= 0.6 is 34.5 Å². The van der Waals surface area contributed by atoms with Crippen molar-refractivity contribution in [3.8, 4) is 11.4 Å². The third kappa shape index (κ3) is 1.63. The van der Waals surface area contributed by atoms with Gasteiger partial charge in [0.2, 0.25) is 5.95 Å². The van der Waals surface area contributed by atoms with Crippen molar-refractivity contribution in [1.29, 1.82) is 0 Å². The Morgan fingerprint density at radius 2 is 2.23 bits per heavy atom. The molecule has 0 bridgehead atoms. The van der Waals surface area contributed by atoms with Crippen molar-refractivity contribution in [1.82, 2.24) is 15.2 Å². The van der Waals surface area contributed by atoms with Crippen molar-refractivity contribution >= 4 is 40.5 Å². The Balaban J connectivity index is 2.51. The van der Waals surface area contributed by atoms with Crippen LogP contribution in [0.15, 0.2) is 6.07 Å². The van der Waals surface area contributed by atoms with Gasteiger partial charge >= 0.3 is 0 Å². The molecule has 68 valence electrons. The molecule has 4 nitrogen and oxygen atoms in total. The van der Waals surface area contributed by atoms with Gasteiger partial charge in [0.1, 0.15) is 4.34 Å². The van der Waals surface area contributed by atoms with Crippen LogP contribution in [0, 0.1) is 0 Å². The van der Waals surface area contributed by atoms with Gasteiger partial charge in [-0.25, -0.2) is 0 Å². The van der Waals surface area contributed by atoms with Crippen molar-refractivity contribution in [2.24, 2.45) is 0 Å². The Bertz CT molecular complexity index is 436. The lowest BCUT2D eigenvalue weighted by Gasteiger charge is -1.88. The van der Waals surface area contributed by atoms with Crippen LogP contribution in [0.5, 0.6) is 0 Å². The minimum atomic E-state index is 0.188. The monoisotopic (exact) mass is 234 g/mol. The second-order valence-corrected chi connectivity index (χ2v) is 4.57. The molecular formula is C6H4Cl2N4S. The van der Waals surface area contributed by atoms with Gasteiger partial charge in [0.05, 0.1) is 4.34 Å². The first-order valence-corrected chi connectivity index (χ1v) is 4.87. The molecule has 0 atom stereocenters. The number of aromatic amines is 1. The van der Waals surface area contributed by atoms with Crippen LogP contribution in [0.4, 0.5) is 5.95 Å². The fraction of sp³-hybridized carbons (Fsp3) is 0. The molecular weight excluding hydrogens is 231 g/mol. The highest BCUT2D eigenvalue weighted by molar-refractivity contribution is 7.20. The number of hydrogen-bond donors (Lipinski definition) is 2. The SMILES string of the molecule is Nc1n[nH]c(-c2cc(Cl)sc2Cl)n1. The fourth-order valence-corrected chi connectivity index (χ4v) is 2.36. The summed E-state index contributed by atoms with van der Waals surface area (Å²) in [5, 5.41) is 6.34. The van der Waals surface area contributed by atoms with Gasteiger partial charge < -0.3 is 5.73 Å². The molecule has 0 aliphatic heterocycles. The summed E-state index contributed by atoms with van der Waals surface area (Å²) in [6.45, 7) is 0. The molecule has 0 unspecified atom stereocenters. The minimum Gasteiger partial charge on any atom is -0.366 e. The highest BCUT2D eigenvalue weighted by atomic mass is 35.5. The predicted molar refractivity (Wildman–Crippen MR) is 54.1 cm³/mol. The summed E-state index contributed by atoms with van der Waals surface area (Å²) < 4.78 is 1.18. The van der Waals surface area contributed by atoms with Gasteiger partial charge in [-0.15, -0.1) is 16.4 Å². The van der Waals surface area contributed by atoms with E-state index in [2.05, 4.69) is 15.2 Å². The highest BCUT2D eigenvalue weighted by Crippen LogP contribution is 2.36. The van der Waals surface area contributed by atoms with Crippen molar-refractivity contribution < 1.29 is 0 Å². The van der Waals surface area contributed by atoms with Crippen molar-refractivity contribution in [3.63, 3.8) is 0 Å². The molecule has 0 radical (unpaired) electrons. The van der Waals surface area contributed by atoms with Gasteiger partial charge in [-0.1, -0.05) is 23.2 Å². The van der Waals surface area contributed by atoms with E-state index in [0.29, 0.717) is 14.5 Å². The highest BCUT2D eigenvalue weighted by Gasteiger charge is 2.11. The average Bonchev–Trinajstić information content (AvgIpc) is 2.58.